The molecule has 0 aliphatic heterocycles. The summed E-state index contributed by atoms with van der Waals surface area (Å²) in [6.45, 7) is 3.30. The van der Waals surface area contributed by atoms with Crippen LogP contribution in [-0.4, -0.2) is 46.4 Å². The van der Waals surface area contributed by atoms with Gasteiger partial charge in [-0.05, 0) is 74.1 Å². The van der Waals surface area contributed by atoms with Gasteiger partial charge in [0.25, 0.3) is 0 Å². The second kappa shape index (κ2) is 11.2. The fourth-order valence-electron chi connectivity index (χ4n) is 5.45. The third kappa shape index (κ3) is 5.64. The van der Waals surface area contributed by atoms with Gasteiger partial charge in [-0.15, -0.1) is 0 Å². The summed E-state index contributed by atoms with van der Waals surface area (Å²) in [5.41, 5.74) is 10.8. The molecule has 1 aliphatic carbocycles. The molecule has 0 saturated heterocycles. The van der Waals surface area contributed by atoms with Crippen molar-refractivity contribution in [2.24, 2.45) is 5.73 Å². The number of halogens is 2. The molecule has 0 bridgehead atoms. The Morgan fingerprint density at radius 2 is 1.95 bits per heavy atom. The molecule has 4 aromatic rings. The van der Waals surface area contributed by atoms with E-state index in [-0.39, 0.29) is 17.9 Å². The molecule has 1 fully saturated rings. The van der Waals surface area contributed by atoms with Crippen LogP contribution in [0.1, 0.15) is 38.2 Å². The monoisotopic (exact) mass is 521 g/mol. The van der Waals surface area contributed by atoms with Crippen molar-refractivity contribution < 1.29 is 9.13 Å². The normalized spacial score (nSPS) is 18.7. The van der Waals surface area contributed by atoms with Crippen molar-refractivity contribution in [3.63, 3.8) is 0 Å². The van der Waals surface area contributed by atoms with Crippen molar-refractivity contribution in [2.75, 3.05) is 18.6 Å². The Kier molecular flexibility index (Phi) is 7.74. The van der Waals surface area contributed by atoms with Gasteiger partial charge in [-0.3, -0.25) is 0 Å². The number of imidazole rings is 1. The summed E-state index contributed by atoms with van der Waals surface area (Å²) in [6.07, 6.45) is 7.60. The predicted molar refractivity (Wildman–Crippen MR) is 148 cm³/mol. The van der Waals surface area contributed by atoms with Gasteiger partial charge in [-0.1, -0.05) is 29.8 Å². The summed E-state index contributed by atoms with van der Waals surface area (Å²) in [5.74, 6) is 0.642. The second-order valence-electron chi connectivity index (χ2n) is 10.0. The summed E-state index contributed by atoms with van der Waals surface area (Å²) >= 11 is 6.71. The number of nitrogens with zero attached hydrogens (tertiary/aromatic N) is 4. The van der Waals surface area contributed by atoms with Gasteiger partial charge in [0.1, 0.15) is 11.6 Å². The van der Waals surface area contributed by atoms with Crippen LogP contribution in [0.15, 0.2) is 61.1 Å². The van der Waals surface area contributed by atoms with Gasteiger partial charge in [0.2, 0.25) is 0 Å². The first-order valence-corrected chi connectivity index (χ1v) is 13.2. The van der Waals surface area contributed by atoms with E-state index in [1.54, 1.807) is 31.8 Å². The van der Waals surface area contributed by atoms with E-state index in [4.69, 9.17) is 27.1 Å². The number of benzene rings is 2. The second-order valence-corrected chi connectivity index (χ2v) is 10.4. The zero-order valence-electron chi connectivity index (χ0n) is 21.3. The average Bonchev–Trinajstić information content (AvgIpc) is 3.28. The molecule has 2 N–H and O–H groups in total. The molecule has 0 radical (unpaired) electrons. The van der Waals surface area contributed by atoms with Crippen LogP contribution in [0.3, 0.4) is 0 Å². The lowest BCUT2D eigenvalue weighted by molar-refractivity contribution is 0.174. The van der Waals surface area contributed by atoms with Crippen LogP contribution in [0.2, 0.25) is 5.02 Å². The molecule has 2 heterocycles. The maximum absolute atomic E-state index is 13.7. The van der Waals surface area contributed by atoms with Gasteiger partial charge in [0, 0.05) is 37.5 Å². The van der Waals surface area contributed by atoms with E-state index in [1.807, 2.05) is 22.8 Å². The van der Waals surface area contributed by atoms with Crippen LogP contribution in [0.25, 0.3) is 22.2 Å². The Morgan fingerprint density at radius 1 is 1.14 bits per heavy atom. The van der Waals surface area contributed by atoms with Gasteiger partial charge >= 0.3 is 0 Å². The van der Waals surface area contributed by atoms with Crippen LogP contribution < -0.4 is 10.6 Å². The maximum Gasteiger partial charge on any atom is 0.129 e. The lowest BCUT2D eigenvalue weighted by Gasteiger charge is -2.40. The summed E-state index contributed by atoms with van der Waals surface area (Å²) in [4.78, 5) is 11.7. The first kappa shape index (κ1) is 25.6. The third-order valence-corrected chi connectivity index (χ3v) is 7.60. The molecule has 0 spiro atoms. The summed E-state index contributed by atoms with van der Waals surface area (Å²) in [5, 5.41) is 0.587. The lowest BCUT2D eigenvalue weighted by Crippen LogP contribution is -2.47. The van der Waals surface area contributed by atoms with Gasteiger partial charge < -0.3 is 19.9 Å². The fourth-order valence-corrected chi connectivity index (χ4v) is 5.66. The van der Waals surface area contributed by atoms with E-state index in [0.29, 0.717) is 24.2 Å². The van der Waals surface area contributed by atoms with Gasteiger partial charge in [-0.25, -0.2) is 14.4 Å². The number of aromatic nitrogens is 3. The summed E-state index contributed by atoms with van der Waals surface area (Å²) in [7, 11) is 1.73. The van der Waals surface area contributed by atoms with Crippen molar-refractivity contribution in [1.29, 1.82) is 0 Å². The van der Waals surface area contributed by atoms with Crippen molar-refractivity contribution in [3.8, 4) is 11.1 Å². The number of pyridine rings is 1. The number of hydrogen-bond acceptors (Lipinski definition) is 5. The Balaban J connectivity index is 1.50. The minimum atomic E-state index is -0.245. The Hall–Kier alpha value is -3.00. The molecule has 2 aromatic carbocycles. The van der Waals surface area contributed by atoms with E-state index in [1.165, 1.54) is 6.07 Å². The number of methoxy groups -OCH3 is 1. The van der Waals surface area contributed by atoms with E-state index in [2.05, 4.69) is 28.9 Å². The first-order chi connectivity index (χ1) is 17.9. The molecule has 0 amide bonds. The topological polar surface area (TPSA) is 69.2 Å². The molecular formula is C29H33ClFN5O. The Morgan fingerprint density at radius 3 is 2.70 bits per heavy atom. The quantitative estimate of drug-likeness (QED) is 0.305. The number of hydrogen-bond donors (Lipinski definition) is 1. The zero-order chi connectivity index (χ0) is 25.9. The highest BCUT2D eigenvalue weighted by molar-refractivity contribution is 6.33. The van der Waals surface area contributed by atoms with Crippen LogP contribution in [0.4, 0.5) is 10.2 Å². The molecular weight excluding hydrogens is 489 g/mol. The molecule has 2 aromatic heterocycles. The van der Waals surface area contributed by atoms with Crippen LogP contribution in [0.5, 0.6) is 0 Å². The zero-order valence-corrected chi connectivity index (χ0v) is 22.0. The highest BCUT2D eigenvalue weighted by atomic mass is 35.5. The van der Waals surface area contributed by atoms with E-state index in [9.17, 15) is 4.39 Å². The number of fused-ring (bicyclic) bond motifs is 1. The number of rotatable bonds is 8. The first-order valence-electron chi connectivity index (χ1n) is 12.8. The highest BCUT2D eigenvalue weighted by Crippen LogP contribution is 2.35. The molecule has 37 heavy (non-hydrogen) atoms. The summed E-state index contributed by atoms with van der Waals surface area (Å²) < 4.78 is 21.3. The van der Waals surface area contributed by atoms with Crippen LogP contribution in [0, 0.1) is 5.82 Å². The maximum atomic E-state index is 13.7. The average molecular weight is 522 g/mol. The van der Waals surface area contributed by atoms with Gasteiger partial charge in [0.05, 0.1) is 35.0 Å². The van der Waals surface area contributed by atoms with Crippen molar-refractivity contribution in [3.05, 3.63) is 77.5 Å². The molecule has 1 unspecified atom stereocenters. The minimum Gasteiger partial charge on any atom is -0.383 e. The molecule has 1 atom stereocenters. The Labute approximate surface area is 222 Å². The highest BCUT2D eigenvalue weighted by Gasteiger charge is 2.29. The molecule has 1 aliphatic rings. The van der Waals surface area contributed by atoms with Crippen molar-refractivity contribution in [2.45, 2.75) is 57.3 Å². The molecule has 8 heteroatoms. The Bertz CT molecular complexity index is 1370. The standard InChI is InChI=1S/C29H33ClFN5O/c1-19(17-37-2)36(24-9-7-23(32)8-10-24)29-14-25(26(30)15-33-29)21-6-11-27-28(13-21)35(18-34-27)16-20-4-3-5-22(31)12-20/h3-6,11-15,18-19,23-24H,7-10,16-17,32H2,1-2H3. The smallest absolute Gasteiger partial charge is 0.129 e. The summed E-state index contributed by atoms with van der Waals surface area (Å²) in [6, 6.07) is 15.6. The fraction of sp³-hybridized carbons (Fsp3) is 0.379. The lowest BCUT2D eigenvalue weighted by atomic mass is 9.90. The molecule has 194 valence electrons. The van der Waals surface area contributed by atoms with E-state index in [0.717, 1.165) is 59.2 Å². The van der Waals surface area contributed by atoms with Crippen molar-refractivity contribution >= 4 is 28.5 Å². The van der Waals surface area contributed by atoms with Crippen LogP contribution in [-0.2, 0) is 11.3 Å². The largest absolute Gasteiger partial charge is 0.383 e. The van der Waals surface area contributed by atoms with Crippen molar-refractivity contribution in [1.82, 2.24) is 14.5 Å². The molecule has 5 rings (SSSR count). The SMILES string of the molecule is COCC(C)N(c1cc(-c2ccc3ncn(Cc4cccc(F)c4)c3c2)c(Cl)cn1)C1CCC(N)CC1. The van der Waals surface area contributed by atoms with E-state index >= 15 is 0 Å². The third-order valence-electron chi connectivity index (χ3n) is 7.30. The van der Waals surface area contributed by atoms with Gasteiger partial charge in [-0.2, -0.15) is 0 Å². The minimum absolute atomic E-state index is 0.154. The van der Waals surface area contributed by atoms with Gasteiger partial charge in [0.15, 0.2) is 0 Å². The van der Waals surface area contributed by atoms with E-state index < -0.39 is 0 Å². The molecule has 1 saturated carbocycles. The predicted octanol–water partition coefficient (Wildman–Crippen LogP) is 6.05. The number of nitrogens with two attached hydrogens (primary N) is 1. The number of anilines is 1. The van der Waals surface area contributed by atoms with Crippen LogP contribution >= 0.6 is 11.6 Å². The number of ether oxygens (including phenoxy) is 1. The molecule has 6 nitrogen and oxygen atoms in total.